The fourth-order valence-corrected chi connectivity index (χ4v) is 1.45. The van der Waals surface area contributed by atoms with Crippen LogP contribution in [-0.2, 0) is 4.74 Å². The lowest BCUT2D eigenvalue weighted by Crippen LogP contribution is -2.38. The van der Waals surface area contributed by atoms with Crippen LogP contribution in [0.4, 0.5) is 4.79 Å². The molecule has 1 atom stereocenters. The molecule has 0 heterocycles. The number of rotatable bonds is 7. The molecule has 0 aliphatic carbocycles. The molecular formula is C11H21NO3. The third kappa shape index (κ3) is 5.42. The second-order valence-electron chi connectivity index (χ2n) is 4.28. The topological polar surface area (TPSA) is 72.6 Å². The Morgan fingerprint density at radius 3 is 2.67 bits per heavy atom. The first-order valence-corrected chi connectivity index (χ1v) is 5.12. The minimum Gasteiger partial charge on any atom is -0.443 e. The van der Waals surface area contributed by atoms with Gasteiger partial charge >= 0.3 is 6.09 Å². The van der Waals surface area contributed by atoms with Crippen LogP contribution in [0.5, 0.6) is 0 Å². The van der Waals surface area contributed by atoms with E-state index in [1.54, 1.807) is 0 Å². The van der Waals surface area contributed by atoms with Gasteiger partial charge in [-0.3, -0.25) is 0 Å². The van der Waals surface area contributed by atoms with Gasteiger partial charge in [-0.2, -0.15) is 0 Å². The number of aliphatic hydroxyl groups excluding tert-OH is 1. The number of unbranched alkanes of at least 4 members (excludes halogenated alkanes) is 1. The molecular weight excluding hydrogens is 194 g/mol. The maximum absolute atomic E-state index is 10.6. The average molecular weight is 215 g/mol. The van der Waals surface area contributed by atoms with Gasteiger partial charge in [-0.15, -0.1) is 6.58 Å². The Morgan fingerprint density at radius 1 is 1.67 bits per heavy atom. The van der Waals surface area contributed by atoms with Crippen molar-refractivity contribution in [2.24, 2.45) is 11.1 Å². The van der Waals surface area contributed by atoms with E-state index in [1.807, 2.05) is 19.9 Å². The van der Waals surface area contributed by atoms with Gasteiger partial charge in [0.15, 0.2) is 0 Å². The molecule has 0 aliphatic heterocycles. The van der Waals surface area contributed by atoms with Crippen LogP contribution in [0, 0.1) is 5.41 Å². The third-order valence-corrected chi connectivity index (χ3v) is 2.53. The monoisotopic (exact) mass is 215 g/mol. The summed E-state index contributed by atoms with van der Waals surface area (Å²) in [6.07, 6.45) is 3.18. The highest BCUT2D eigenvalue weighted by atomic mass is 16.6. The van der Waals surface area contributed by atoms with Crippen molar-refractivity contribution < 1.29 is 14.6 Å². The van der Waals surface area contributed by atoms with Gasteiger partial charge in [0.25, 0.3) is 0 Å². The average Bonchev–Trinajstić information content (AvgIpc) is 2.14. The van der Waals surface area contributed by atoms with Crippen LogP contribution in [0.1, 0.15) is 33.1 Å². The molecule has 0 aromatic carbocycles. The Morgan fingerprint density at radius 2 is 2.27 bits per heavy atom. The van der Waals surface area contributed by atoms with Crippen molar-refractivity contribution in [3.63, 3.8) is 0 Å². The first-order valence-electron chi connectivity index (χ1n) is 5.12. The zero-order chi connectivity index (χ0) is 11.9. The van der Waals surface area contributed by atoms with Crippen LogP contribution in [0.15, 0.2) is 12.7 Å². The summed E-state index contributed by atoms with van der Waals surface area (Å²) in [4.78, 5) is 10.6. The van der Waals surface area contributed by atoms with Crippen molar-refractivity contribution in [3.8, 4) is 0 Å². The molecule has 0 radical (unpaired) electrons. The summed E-state index contributed by atoms with van der Waals surface area (Å²) in [5.74, 6) is 0. The number of carbonyl (C=O) groups excluding carboxylic acids is 1. The van der Waals surface area contributed by atoms with Crippen LogP contribution >= 0.6 is 0 Å². The van der Waals surface area contributed by atoms with Gasteiger partial charge in [-0.05, 0) is 19.3 Å². The largest absolute Gasteiger partial charge is 0.443 e. The highest BCUT2D eigenvalue weighted by Gasteiger charge is 2.31. The van der Waals surface area contributed by atoms with E-state index in [9.17, 15) is 4.79 Å². The Bertz CT molecular complexity index is 214. The first-order chi connectivity index (χ1) is 6.94. The zero-order valence-electron chi connectivity index (χ0n) is 9.53. The molecule has 0 fully saturated rings. The predicted molar refractivity (Wildman–Crippen MR) is 59.4 cm³/mol. The Labute approximate surface area is 91.1 Å². The lowest BCUT2D eigenvalue weighted by Gasteiger charge is -2.32. The van der Waals surface area contributed by atoms with Gasteiger partial charge in [-0.1, -0.05) is 19.9 Å². The molecule has 0 aromatic heterocycles. The molecule has 15 heavy (non-hydrogen) atoms. The van der Waals surface area contributed by atoms with Crippen molar-refractivity contribution in [2.75, 3.05) is 6.61 Å². The van der Waals surface area contributed by atoms with E-state index in [2.05, 4.69) is 6.58 Å². The lowest BCUT2D eigenvalue weighted by atomic mass is 9.81. The van der Waals surface area contributed by atoms with E-state index in [0.29, 0.717) is 0 Å². The van der Waals surface area contributed by atoms with Crippen LogP contribution in [0.3, 0.4) is 0 Å². The molecule has 0 aromatic rings. The van der Waals surface area contributed by atoms with Crippen LogP contribution in [0.2, 0.25) is 0 Å². The standard InChI is InChI=1S/C11H21NO3/c1-4-5-6-7-11(2,3)9(8-13)15-10(12)14/h4,9,13H,1,5-8H2,2-3H3,(H2,12,14). The fraction of sp³-hybridized carbons (Fsp3) is 0.727. The highest BCUT2D eigenvalue weighted by molar-refractivity contribution is 5.64. The fourth-order valence-electron chi connectivity index (χ4n) is 1.45. The van der Waals surface area contributed by atoms with Crippen LogP contribution in [-0.4, -0.2) is 23.9 Å². The van der Waals surface area contributed by atoms with Crippen molar-refractivity contribution in [1.29, 1.82) is 0 Å². The molecule has 4 nitrogen and oxygen atoms in total. The highest BCUT2D eigenvalue weighted by Crippen LogP contribution is 2.29. The molecule has 1 amide bonds. The number of aliphatic hydroxyl groups is 1. The van der Waals surface area contributed by atoms with Crippen LogP contribution in [0.25, 0.3) is 0 Å². The van der Waals surface area contributed by atoms with Gasteiger partial charge in [-0.25, -0.2) is 4.79 Å². The maximum atomic E-state index is 10.6. The van der Waals surface area contributed by atoms with E-state index in [-0.39, 0.29) is 12.0 Å². The summed E-state index contributed by atoms with van der Waals surface area (Å²) in [5, 5.41) is 9.11. The Balaban J connectivity index is 4.23. The summed E-state index contributed by atoms with van der Waals surface area (Å²) >= 11 is 0. The van der Waals surface area contributed by atoms with E-state index in [1.165, 1.54) is 0 Å². The summed E-state index contributed by atoms with van der Waals surface area (Å²) in [6, 6.07) is 0. The molecule has 4 heteroatoms. The number of amides is 1. The third-order valence-electron chi connectivity index (χ3n) is 2.53. The molecule has 0 saturated heterocycles. The minimum atomic E-state index is -0.842. The maximum Gasteiger partial charge on any atom is 0.404 e. The number of primary amides is 1. The summed E-state index contributed by atoms with van der Waals surface area (Å²) in [6.45, 7) is 7.32. The Kier molecular flexibility index (Phi) is 6.01. The Hall–Kier alpha value is -1.03. The van der Waals surface area contributed by atoms with Gasteiger partial charge in [0.05, 0.1) is 6.61 Å². The summed E-state index contributed by atoms with van der Waals surface area (Å²) in [7, 11) is 0. The van der Waals surface area contributed by atoms with Crippen molar-refractivity contribution in [2.45, 2.75) is 39.2 Å². The van der Waals surface area contributed by atoms with E-state index >= 15 is 0 Å². The number of hydrogen-bond acceptors (Lipinski definition) is 3. The number of nitrogens with two attached hydrogens (primary N) is 1. The lowest BCUT2D eigenvalue weighted by molar-refractivity contribution is -0.0136. The van der Waals surface area contributed by atoms with Gasteiger partial charge in [0, 0.05) is 5.41 Å². The van der Waals surface area contributed by atoms with Gasteiger partial charge < -0.3 is 15.6 Å². The minimum absolute atomic E-state index is 0.204. The number of hydrogen-bond donors (Lipinski definition) is 2. The molecule has 3 N–H and O–H groups in total. The number of ether oxygens (including phenoxy) is 1. The van der Waals surface area contributed by atoms with Crippen molar-refractivity contribution in [1.82, 2.24) is 0 Å². The quantitative estimate of drug-likeness (QED) is 0.502. The second kappa shape index (κ2) is 6.45. The molecule has 1 unspecified atom stereocenters. The SMILES string of the molecule is C=CCCCC(C)(C)C(CO)OC(N)=O. The molecule has 0 rings (SSSR count). The molecule has 0 saturated carbocycles. The van der Waals surface area contributed by atoms with Crippen LogP contribution < -0.4 is 5.73 Å². The second-order valence-corrected chi connectivity index (χ2v) is 4.28. The number of allylic oxidation sites excluding steroid dienone is 1. The van der Waals surface area contributed by atoms with Crippen molar-refractivity contribution in [3.05, 3.63) is 12.7 Å². The molecule has 0 aliphatic rings. The van der Waals surface area contributed by atoms with Crippen molar-refractivity contribution >= 4 is 6.09 Å². The summed E-state index contributed by atoms with van der Waals surface area (Å²) < 4.78 is 4.86. The van der Waals surface area contributed by atoms with E-state index < -0.39 is 12.2 Å². The molecule has 0 bridgehead atoms. The molecule has 88 valence electrons. The van der Waals surface area contributed by atoms with E-state index in [4.69, 9.17) is 15.6 Å². The predicted octanol–water partition coefficient (Wildman–Crippen LogP) is 1.83. The summed E-state index contributed by atoms with van der Waals surface area (Å²) in [5.41, 5.74) is 4.66. The van der Waals surface area contributed by atoms with Gasteiger partial charge in [0.1, 0.15) is 6.10 Å². The van der Waals surface area contributed by atoms with Gasteiger partial charge in [0.2, 0.25) is 0 Å². The van der Waals surface area contributed by atoms with E-state index in [0.717, 1.165) is 19.3 Å². The zero-order valence-corrected chi connectivity index (χ0v) is 9.53. The normalized spacial score (nSPS) is 13.3. The molecule has 0 spiro atoms. The first kappa shape index (κ1) is 14.0. The number of carbonyl (C=O) groups is 1. The smallest absolute Gasteiger partial charge is 0.404 e.